The molecule has 0 aliphatic heterocycles. The van der Waals surface area contributed by atoms with Gasteiger partial charge in [-0.15, -0.1) is 0 Å². The fourth-order valence-corrected chi connectivity index (χ4v) is 5.83. The molecule has 0 radical (unpaired) electrons. The first-order valence-electron chi connectivity index (χ1n) is 19.5. The normalized spacial score (nSPS) is 12.8. The van der Waals surface area contributed by atoms with E-state index in [0.29, 0.717) is 38.6 Å². The molecule has 7 nitrogen and oxygen atoms in total. The first-order chi connectivity index (χ1) is 22.4. The summed E-state index contributed by atoms with van der Waals surface area (Å²) in [4.78, 5) is 36.2. The van der Waals surface area contributed by atoms with Gasteiger partial charge in [0.05, 0.1) is 0 Å². The number of carboxylic acids is 1. The van der Waals surface area contributed by atoms with E-state index in [2.05, 4.69) is 31.3 Å². The molecule has 7 heteroatoms. The summed E-state index contributed by atoms with van der Waals surface area (Å²) in [5, 5.41) is 11.9. The third-order valence-electron chi connectivity index (χ3n) is 8.82. The summed E-state index contributed by atoms with van der Waals surface area (Å²) in [6.07, 6.45) is 35.5. The molecule has 46 heavy (non-hydrogen) atoms. The molecule has 0 bridgehead atoms. The van der Waals surface area contributed by atoms with Crippen molar-refractivity contribution >= 4 is 17.8 Å². The lowest BCUT2D eigenvalue weighted by molar-refractivity contribution is -0.147. The molecule has 0 aromatic rings. The van der Waals surface area contributed by atoms with E-state index in [1.807, 2.05) is 0 Å². The van der Waals surface area contributed by atoms with E-state index in [9.17, 15) is 19.5 Å². The molecule has 0 saturated carbocycles. The summed E-state index contributed by atoms with van der Waals surface area (Å²) in [6, 6.07) is -0.866. The molecule has 4 N–H and O–H groups in total. The molecule has 0 aromatic carbocycles. The first kappa shape index (κ1) is 44.1. The average Bonchev–Trinajstić information content (AvgIpc) is 3.03. The minimum Gasteiger partial charge on any atom is -0.480 e. The van der Waals surface area contributed by atoms with Crippen molar-refractivity contribution in [1.82, 2.24) is 5.32 Å². The molecular formula is C39H74N2O5. The highest BCUT2D eigenvalue weighted by Gasteiger charge is 2.19. The summed E-state index contributed by atoms with van der Waals surface area (Å²) in [7, 11) is 0. The fraction of sp³-hybridized carbons (Fsp3) is 0.872. The van der Waals surface area contributed by atoms with Crippen LogP contribution in [0, 0.1) is 0 Å². The summed E-state index contributed by atoms with van der Waals surface area (Å²) >= 11 is 0. The Morgan fingerprint density at radius 1 is 0.630 bits per heavy atom. The largest absolute Gasteiger partial charge is 0.480 e. The maximum atomic E-state index is 12.6. The fourth-order valence-electron chi connectivity index (χ4n) is 5.83. The number of allylic oxidation sites excluding steroid dienone is 1. The van der Waals surface area contributed by atoms with Crippen LogP contribution in [0.25, 0.3) is 0 Å². The number of nitrogens with one attached hydrogen (secondary N) is 1. The Bertz CT molecular complexity index is 742. The zero-order chi connectivity index (χ0) is 33.9. The van der Waals surface area contributed by atoms with Gasteiger partial charge < -0.3 is 20.9 Å². The van der Waals surface area contributed by atoms with Gasteiger partial charge in [-0.1, -0.05) is 142 Å². The van der Waals surface area contributed by atoms with Gasteiger partial charge in [-0.25, -0.2) is 4.79 Å². The van der Waals surface area contributed by atoms with Crippen molar-refractivity contribution in [2.24, 2.45) is 5.73 Å². The van der Waals surface area contributed by atoms with Gasteiger partial charge in [-0.2, -0.15) is 0 Å². The molecule has 2 atom stereocenters. The lowest BCUT2D eigenvalue weighted by Gasteiger charge is -2.15. The number of carboxylic acid groups (broad SMARTS) is 1. The zero-order valence-corrected chi connectivity index (χ0v) is 30.2. The Labute approximate surface area is 283 Å². The van der Waals surface area contributed by atoms with Crippen LogP contribution in [0.1, 0.15) is 200 Å². The Balaban J connectivity index is 4.24. The van der Waals surface area contributed by atoms with Crippen molar-refractivity contribution in [2.75, 3.05) is 6.54 Å². The van der Waals surface area contributed by atoms with Crippen LogP contribution < -0.4 is 11.1 Å². The molecule has 0 heterocycles. The predicted molar refractivity (Wildman–Crippen MR) is 193 cm³/mol. The molecule has 0 aliphatic rings. The molecule has 2 unspecified atom stereocenters. The number of amides is 1. The van der Waals surface area contributed by atoms with Gasteiger partial charge in [0.1, 0.15) is 12.1 Å². The number of rotatable bonds is 35. The maximum Gasteiger partial charge on any atom is 0.326 e. The number of carbonyl (C=O) groups is 3. The Kier molecular flexibility index (Phi) is 33.0. The average molecular weight is 651 g/mol. The third-order valence-corrected chi connectivity index (χ3v) is 8.82. The van der Waals surface area contributed by atoms with E-state index in [1.54, 1.807) is 0 Å². The number of unbranched alkanes of at least 4 members (excludes halogenated alkanes) is 21. The number of esters is 1. The molecule has 0 spiro atoms. The maximum absolute atomic E-state index is 12.6. The van der Waals surface area contributed by atoms with Crippen molar-refractivity contribution in [1.29, 1.82) is 0 Å². The highest BCUT2D eigenvalue weighted by Crippen LogP contribution is 2.16. The number of hydrogen-bond acceptors (Lipinski definition) is 5. The highest BCUT2D eigenvalue weighted by molar-refractivity contribution is 5.83. The quantitative estimate of drug-likeness (QED) is 0.0357. The van der Waals surface area contributed by atoms with E-state index >= 15 is 0 Å². The molecule has 0 aliphatic carbocycles. The molecule has 0 saturated heterocycles. The van der Waals surface area contributed by atoms with Crippen LogP contribution in [0.4, 0.5) is 0 Å². The Hall–Kier alpha value is -1.89. The summed E-state index contributed by atoms with van der Waals surface area (Å²) in [5.74, 6) is -1.32. The minimum atomic E-state index is -1.01. The zero-order valence-electron chi connectivity index (χ0n) is 30.2. The molecule has 0 rings (SSSR count). The summed E-state index contributed by atoms with van der Waals surface area (Å²) < 4.78 is 5.90. The standard InChI is InChI=1S/C39H74N2O5/c1-3-5-7-9-11-12-13-14-15-16-17-19-21-27-33-38(43)46-35(29-24-20-18-10-8-6-4-2)30-25-22-23-26-32-37(42)41-36(39(44)45)31-28-34-40/h24,29,35-36H,3-23,25-28,30-34,40H2,1-2H3,(H,41,42)(H,44,45)/b29-24-. The van der Waals surface area contributed by atoms with Gasteiger partial charge in [0.15, 0.2) is 0 Å². The molecule has 0 fully saturated rings. The van der Waals surface area contributed by atoms with Crippen molar-refractivity contribution in [3.8, 4) is 0 Å². The molecular weight excluding hydrogens is 576 g/mol. The molecule has 270 valence electrons. The second-order valence-corrected chi connectivity index (χ2v) is 13.3. The van der Waals surface area contributed by atoms with Crippen LogP contribution >= 0.6 is 0 Å². The Morgan fingerprint density at radius 2 is 1.11 bits per heavy atom. The summed E-state index contributed by atoms with van der Waals surface area (Å²) in [6.45, 7) is 4.90. The number of nitrogens with two attached hydrogens (primary N) is 1. The van der Waals surface area contributed by atoms with Crippen molar-refractivity contribution in [2.45, 2.75) is 212 Å². The highest BCUT2D eigenvalue weighted by atomic mass is 16.5. The smallest absolute Gasteiger partial charge is 0.326 e. The number of aliphatic carboxylic acids is 1. The number of ether oxygens (including phenoxy) is 1. The molecule has 0 aromatic heterocycles. The van der Waals surface area contributed by atoms with Crippen LogP contribution in [-0.4, -0.2) is 41.6 Å². The van der Waals surface area contributed by atoms with Crippen molar-refractivity contribution in [3.05, 3.63) is 12.2 Å². The minimum absolute atomic E-state index is 0.0872. The van der Waals surface area contributed by atoms with E-state index in [1.165, 1.54) is 109 Å². The van der Waals surface area contributed by atoms with Crippen molar-refractivity contribution in [3.63, 3.8) is 0 Å². The SMILES string of the molecule is CCCCCCC/C=C\C(CCCCCCC(=O)NC(CCCN)C(=O)O)OC(=O)CCCCCCCCCCCCCCCC. The van der Waals surface area contributed by atoms with Gasteiger partial charge in [0, 0.05) is 12.8 Å². The van der Waals surface area contributed by atoms with Gasteiger partial charge in [-0.3, -0.25) is 9.59 Å². The van der Waals surface area contributed by atoms with E-state index in [0.717, 1.165) is 44.9 Å². The lowest BCUT2D eigenvalue weighted by atomic mass is 10.0. The lowest BCUT2D eigenvalue weighted by Crippen LogP contribution is -2.40. The van der Waals surface area contributed by atoms with Crippen molar-refractivity contribution < 1.29 is 24.2 Å². The van der Waals surface area contributed by atoms with E-state index in [4.69, 9.17) is 10.5 Å². The predicted octanol–water partition coefficient (Wildman–Crippen LogP) is 10.3. The number of hydrogen-bond donors (Lipinski definition) is 3. The second-order valence-electron chi connectivity index (χ2n) is 13.3. The van der Waals surface area contributed by atoms with Crippen LogP contribution in [-0.2, 0) is 19.1 Å². The summed E-state index contributed by atoms with van der Waals surface area (Å²) in [5.41, 5.74) is 5.47. The second kappa shape index (κ2) is 34.4. The van der Waals surface area contributed by atoms with E-state index in [-0.39, 0.29) is 18.0 Å². The number of carbonyl (C=O) groups excluding carboxylic acids is 2. The van der Waals surface area contributed by atoms with Crippen LogP contribution in [0.3, 0.4) is 0 Å². The first-order valence-corrected chi connectivity index (χ1v) is 19.5. The van der Waals surface area contributed by atoms with Crippen LogP contribution in [0.5, 0.6) is 0 Å². The third kappa shape index (κ3) is 30.7. The van der Waals surface area contributed by atoms with Crippen LogP contribution in [0.15, 0.2) is 12.2 Å². The van der Waals surface area contributed by atoms with E-state index < -0.39 is 12.0 Å². The molecule has 1 amide bonds. The van der Waals surface area contributed by atoms with Gasteiger partial charge >= 0.3 is 11.9 Å². The van der Waals surface area contributed by atoms with Gasteiger partial charge in [0.25, 0.3) is 0 Å². The van der Waals surface area contributed by atoms with Gasteiger partial charge in [0.2, 0.25) is 5.91 Å². The monoisotopic (exact) mass is 651 g/mol. The van der Waals surface area contributed by atoms with Crippen LogP contribution in [0.2, 0.25) is 0 Å². The topological polar surface area (TPSA) is 119 Å². The van der Waals surface area contributed by atoms with Gasteiger partial charge in [-0.05, 0) is 64.0 Å². The Morgan fingerprint density at radius 3 is 1.63 bits per heavy atom.